The van der Waals surface area contributed by atoms with Crippen molar-refractivity contribution in [2.24, 2.45) is 0 Å². The van der Waals surface area contributed by atoms with Crippen LogP contribution >= 0.6 is 22.9 Å². The number of hydrogen-bond acceptors (Lipinski definition) is 6. The molecule has 2 aromatic carbocycles. The quantitative estimate of drug-likeness (QED) is 0.438. The molecule has 8 heteroatoms. The van der Waals surface area contributed by atoms with E-state index >= 15 is 0 Å². The van der Waals surface area contributed by atoms with Gasteiger partial charge in [0.1, 0.15) is 0 Å². The number of nitrogens with zero attached hydrogens (tertiary/aromatic N) is 4. The van der Waals surface area contributed by atoms with Crippen LogP contribution < -0.4 is 10.9 Å². The zero-order chi connectivity index (χ0) is 19.1. The Bertz CT molecular complexity index is 1360. The van der Waals surface area contributed by atoms with E-state index in [1.807, 2.05) is 53.9 Å². The Labute approximate surface area is 168 Å². The zero-order valence-electron chi connectivity index (χ0n) is 14.3. The highest BCUT2D eigenvalue weighted by atomic mass is 35.5. The van der Waals surface area contributed by atoms with Crippen molar-refractivity contribution in [1.82, 2.24) is 19.6 Å². The summed E-state index contributed by atoms with van der Waals surface area (Å²) in [7, 11) is 0. The monoisotopic (exact) mass is 405 g/mol. The summed E-state index contributed by atoms with van der Waals surface area (Å²) in [6.07, 6.45) is 0. The smallest absolute Gasteiger partial charge is 0.300 e. The zero-order valence-corrected chi connectivity index (χ0v) is 15.9. The standard InChI is InChI=1S/C20H12ClN5OS/c21-12-7-9-13(10-8-12)22-20-23-15-5-2-1-4-14(15)18-24-19(27)17(25-26(18)20)16-6-3-11-28-16/h1-11H,(H,22,23). The molecule has 0 saturated carbocycles. The van der Waals surface area contributed by atoms with E-state index in [0.717, 1.165) is 21.5 Å². The van der Waals surface area contributed by atoms with Gasteiger partial charge in [0.15, 0.2) is 11.3 Å². The third kappa shape index (κ3) is 2.90. The molecule has 0 radical (unpaired) electrons. The lowest BCUT2D eigenvalue weighted by Gasteiger charge is -2.12. The second kappa shape index (κ2) is 6.70. The fourth-order valence-corrected chi connectivity index (χ4v) is 3.77. The van der Waals surface area contributed by atoms with E-state index in [-0.39, 0.29) is 5.56 Å². The van der Waals surface area contributed by atoms with Gasteiger partial charge in [-0.2, -0.15) is 14.6 Å². The number of fused-ring (bicyclic) bond motifs is 3. The third-order valence-electron chi connectivity index (χ3n) is 4.24. The molecule has 3 heterocycles. The van der Waals surface area contributed by atoms with Gasteiger partial charge in [-0.3, -0.25) is 4.79 Å². The predicted molar refractivity (Wildman–Crippen MR) is 113 cm³/mol. The normalized spacial score (nSPS) is 11.2. The number of anilines is 2. The molecule has 0 fully saturated rings. The molecule has 1 N–H and O–H groups in total. The lowest BCUT2D eigenvalue weighted by atomic mass is 10.2. The van der Waals surface area contributed by atoms with Crippen LogP contribution in [0.1, 0.15) is 0 Å². The average Bonchev–Trinajstić information content (AvgIpc) is 3.24. The van der Waals surface area contributed by atoms with Gasteiger partial charge in [-0.25, -0.2) is 4.98 Å². The molecular weight excluding hydrogens is 394 g/mol. The van der Waals surface area contributed by atoms with E-state index in [4.69, 9.17) is 16.6 Å². The first-order valence-electron chi connectivity index (χ1n) is 8.45. The second-order valence-corrected chi connectivity index (χ2v) is 7.45. The SMILES string of the molecule is O=c1nc2c3ccccc3nc(Nc3ccc(Cl)cc3)n2nc1-c1cccs1. The second-order valence-electron chi connectivity index (χ2n) is 6.06. The maximum atomic E-state index is 12.6. The van der Waals surface area contributed by atoms with Gasteiger partial charge >= 0.3 is 5.56 Å². The minimum Gasteiger partial charge on any atom is -0.324 e. The van der Waals surface area contributed by atoms with Crippen LogP contribution in [0.4, 0.5) is 11.6 Å². The van der Waals surface area contributed by atoms with Gasteiger partial charge in [-0.1, -0.05) is 29.8 Å². The number of rotatable bonds is 3. The van der Waals surface area contributed by atoms with E-state index in [1.165, 1.54) is 11.3 Å². The van der Waals surface area contributed by atoms with E-state index in [9.17, 15) is 4.79 Å². The molecule has 0 aliphatic heterocycles. The van der Waals surface area contributed by atoms with Crippen molar-refractivity contribution in [2.75, 3.05) is 5.32 Å². The molecule has 0 bridgehead atoms. The Morgan fingerprint density at radius 2 is 1.79 bits per heavy atom. The number of halogens is 1. The van der Waals surface area contributed by atoms with Gasteiger partial charge in [-0.05, 0) is 47.8 Å². The minimum atomic E-state index is -0.365. The van der Waals surface area contributed by atoms with E-state index in [0.29, 0.717) is 22.3 Å². The summed E-state index contributed by atoms with van der Waals surface area (Å²) >= 11 is 7.42. The molecule has 6 nitrogen and oxygen atoms in total. The Morgan fingerprint density at radius 3 is 2.57 bits per heavy atom. The number of hydrogen-bond donors (Lipinski definition) is 1. The number of nitrogens with one attached hydrogen (secondary N) is 1. The number of benzene rings is 2. The van der Waals surface area contributed by atoms with Crippen molar-refractivity contribution in [3.63, 3.8) is 0 Å². The van der Waals surface area contributed by atoms with Crippen LogP contribution in [0.15, 0.2) is 70.8 Å². The van der Waals surface area contributed by atoms with Crippen LogP contribution in [0.5, 0.6) is 0 Å². The van der Waals surface area contributed by atoms with Gasteiger partial charge in [0, 0.05) is 16.1 Å². The maximum absolute atomic E-state index is 12.6. The summed E-state index contributed by atoms with van der Waals surface area (Å²) in [4.78, 5) is 22.4. The van der Waals surface area contributed by atoms with E-state index < -0.39 is 0 Å². The van der Waals surface area contributed by atoms with Crippen molar-refractivity contribution >= 4 is 51.1 Å². The van der Waals surface area contributed by atoms with Crippen molar-refractivity contribution in [3.8, 4) is 10.6 Å². The minimum absolute atomic E-state index is 0.295. The van der Waals surface area contributed by atoms with Crippen LogP contribution in [0.2, 0.25) is 5.02 Å². The molecule has 5 rings (SSSR count). The van der Waals surface area contributed by atoms with Gasteiger partial charge < -0.3 is 5.32 Å². The molecule has 0 saturated heterocycles. The summed E-state index contributed by atoms with van der Waals surface area (Å²) in [5.41, 5.74) is 1.90. The highest BCUT2D eigenvalue weighted by Crippen LogP contribution is 2.25. The van der Waals surface area contributed by atoms with Gasteiger partial charge in [0.05, 0.1) is 10.4 Å². The first-order valence-corrected chi connectivity index (χ1v) is 9.71. The summed E-state index contributed by atoms with van der Waals surface area (Å²) in [6, 6.07) is 18.5. The topological polar surface area (TPSA) is 72.2 Å². The fraction of sp³-hybridized carbons (Fsp3) is 0. The first kappa shape index (κ1) is 16.9. The van der Waals surface area contributed by atoms with E-state index in [1.54, 1.807) is 16.6 Å². The van der Waals surface area contributed by atoms with Crippen molar-refractivity contribution in [2.45, 2.75) is 0 Å². The third-order valence-corrected chi connectivity index (χ3v) is 5.37. The summed E-state index contributed by atoms with van der Waals surface area (Å²) < 4.78 is 1.58. The van der Waals surface area contributed by atoms with Crippen molar-refractivity contribution in [3.05, 3.63) is 81.4 Å². The molecule has 0 aliphatic carbocycles. The van der Waals surface area contributed by atoms with E-state index in [2.05, 4.69) is 15.4 Å². The van der Waals surface area contributed by atoms with Gasteiger partial charge in [0.25, 0.3) is 0 Å². The molecular formula is C20H12ClN5OS. The number of thiophene rings is 1. The molecule has 3 aromatic heterocycles. The lowest BCUT2D eigenvalue weighted by molar-refractivity contribution is 0.882. The number of para-hydroxylation sites is 1. The maximum Gasteiger partial charge on any atom is 0.300 e. The molecule has 5 aromatic rings. The Morgan fingerprint density at radius 1 is 0.964 bits per heavy atom. The molecule has 0 atom stereocenters. The van der Waals surface area contributed by atoms with Crippen LogP contribution in [0.25, 0.3) is 27.1 Å². The van der Waals surface area contributed by atoms with Crippen molar-refractivity contribution < 1.29 is 0 Å². The fourth-order valence-electron chi connectivity index (χ4n) is 2.94. The van der Waals surface area contributed by atoms with Crippen LogP contribution in [-0.2, 0) is 0 Å². The Kier molecular flexibility index (Phi) is 4.03. The highest BCUT2D eigenvalue weighted by Gasteiger charge is 2.15. The van der Waals surface area contributed by atoms with Crippen molar-refractivity contribution in [1.29, 1.82) is 0 Å². The molecule has 0 aliphatic rings. The largest absolute Gasteiger partial charge is 0.324 e. The summed E-state index contributed by atoms with van der Waals surface area (Å²) in [5, 5.41) is 11.1. The Hall–Kier alpha value is -3.29. The van der Waals surface area contributed by atoms with Crippen LogP contribution in [-0.4, -0.2) is 19.6 Å². The Balaban J connectivity index is 1.79. The van der Waals surface area contributed by atoms with Gasteiger partial charge in [0.2, 0.25) is 5.95 Å². The van der Waals surface area contributed by atoms with Crippen LogP contribution in [0.3, 0.4) is 0 Å². The molecule has 28 heavy (non-hydrogen) atoms. The highest BCUT2D eigenvalue weighted by molar-refractivity contribution is 7.13. The average molecular weight is 406 g/mol. The number of aromatic nitrogens is 4. The molecule has 0 amide bonds. The van der Waals surface area contributed by atoms with Crippen LogP contribution in [0, 0.1) is 0 Å². The molecule has 0 spiro atoms. The molecule has 0 unspecified atom stereocenters. The summed E-state index contributed by atoms with van der Waals surface area (Å²) in [5.74, 6) is 0.460. The summed E-state index contributed by atoms with van der Waals surface area (Å²) in [6.45, 7) is 0. The van der Waals surface area contributed by atoms with Gasteiger partial charge in [-0.15, -0.1) is 11.3 Å². The lowest BCUT2D eigenvalue weighted by Crippen LogP contribution is -2.18. The predicted octanol–water partition coefficient (Wildman–Crippen LogP) is 4.76. The molecule has 136 valence electrons. The first-order chi connectivity index (χ1) is 13.7.